The lowest BCUT2D eigenvalue weighted by molar-refractivity contribution is -0.385. The molecule has 0 saturated carbocycles. The van der Waals surface area contributed by atoms with E-state index in [-0.39, 0.29) is 16.8 Å². The molecule has 0 unspecified atom stereocenters. The van der Waals surface area contributed by atoms with Crippen molar-refractivity contribution < 1.29 is 19.2 Å². The van der Waals surface area contributed by atoms with Gasteiger partial charge in [-0.05, 0) is 55.4 Å². The SMILES string of the molecule is COC(=O)c1c(-c2ccc3c(c2)CCCC3)csc1NC(=O)c1ccc(C)c([N+](=O)[O-])c1. The summed E-state index contributed by atoms with van der Waals surface area (Å²) < 4.78 is 4.99. The maximum atomic E-state index is 12.8. The van der Waals surface area contributed by atoms with E-state index in [9.17, 15) is 19.7 Å². The number of esters is 1. The number of hydrogen-bond donors (Lipinski definition) is 1. The maximum absolute atomic E-state index is 12.8. The topological polar surface area (TPSA) is 98.5 Å². The van der Waals surface area contributed by atoms with Crippen molar-refractivity contribution in [1.29, 1.82) is 0 Å². The summed E-state index contributed by atoms with van der Waals surface area (Å²) in [5, 5.41) is 16.1. The van der Waals surface area contributed by atoms with Crippen molar-refractivity contribution >= 4 is 33.9 Å². The number of hydrogen-bond acceptors (Lipinski definition) is 6. The van der Waals surface area contributed by atoms with Gasteiger partial charge in [-0.3, -0.25) is 14.9 Å². The van der Waals surface area contributed by atoms with E-state index in [0.717, 1.165) is 24.8 Å². The summed E-state index contributed by atoms with van der Waals surface area (Å²) in [5.74, 6) is -1.08. The molecule has 0 spiro atoms. The summed E-state index contributed by atoms with van der Waals surface area (Å²) in [5.41, 5.74) is 4.97. The van der Waals surface area contributed by atoms with Crippen LogP contribution in [0.15, 0.2) is 41.8 Å². The Hall–Kier alpha value is -3.52. The minimum Gasteiger partial charge on any atom is -0.465 e. The average molecular weight is 451 g/mol. The number of fused-ring (bicyclic) bond motifs is 1. The second kappa shape index (κ2) is 8.92. The van der Waals surface area contributed by atoms with Crippen molar-refractivity contribution in [3.05, 3.63) is 79.7 Å². The van der Waals surface area contributed by atoms with Crippen molar-refractivity contribution in [2.24, 2.45) is 0 Å². The third kappa shape index (κ3) is 4.13. The van der Waals surface area contributed by atoms with E-state index >= 15 is 0 Å². The highest BCUT2D eigenvalue weighted by Gasteiger charge is 2.24. The Labute approximate surface area is 189 Å². The minimum atomic E-state index is -0.552. The Balaban J connectivity index is 1.69. The zero-order chi connectivity index (χ0) is 22.8. The Morgan fingerprint density at radius 3 is 2.56 bits per heavy atom. The summed E-state index contributed by atoms with van der Waals surface area (Å²) in [4.78, 5) is 36.1. The van der Waals surface area contributed by atoms with Gasteiger partial charge < -0.3 is 10.1 Å². The summed E-state index contributed by atoms with van der Waals surface area (Å²) in [7, 11) is 1.30. The van der Waals surface area contributed by atoms with Crippen molar-refractivity contribution in [3.8, 4) is 11.1 Å². The molecule has 1 heterocycles. The van der Waals surface area contributed by atoms with Crippen molar-refractivity contribution in [1.82, 2.24) is 0 Å². The lowest BCUT2D eigenvalue weighted by Gasteiger charge is -2.16. The molecule has 32 heavy (non-hydrogen) atoms. The molecule has 4 rings (SSSR count). The Morgan fingerprint density at radius 1 is 1.09 bits per heavy atom. The molecule has 1 aliphatic rings. The fourth-order valence-corrected chi connectivity index (χ4v) is 4.94. The number of rotatable bonds is 5. The van der Waals surface area contributed by atoms with Crippen LogP contribution in [0.1, 0.15) is 50.2 Å². The van der Waals surface area contributed by atoms with Crippen LogP contribution in [-0.4, -0.2) is 23.9 Å². The zero-order valence-electron chi connectivity index (χ0n) is 17.8. The van der Waals surface area contributed by atoms with Crippen LogP contribution in [0.25, 0.3) is 11.1 Å². The number of nitro groups is 1. The highest BCUT2D eigenvalue weighted by atomic mass is 32.1. The normalized spacial score (nSPS) is 12.7. The molecular formula is C24H22N2O5S. The molecule has 1 aliphatic carbocycles. The highest BCUT2D eigenvalue weighted by molar-refractivity contribution is 7.15. The molecule has 0 fully saturated rings. The number of nitrogens with one attached hydrogen (secondary N) is 1. The Morgan fingerprint density at radius 2 is 1.84 bits per heavy atom. The monoisotopic (exact) mass is 450 g/mol. The van der Waals surface area contributed by atoms with Gasteiger partial charge >= 0.3 is 5.97 Å². The van der Waals surface area contributed by atoms with Crippen LogP contribution in [0.3, 0.4) is 0 Å². The number of nitro benzene ring substituents is 1. The van der Waals surface area contributed by atoms with E-state index < -0.39 is 16.8 Å². The molecule has 0 saturated heterocycles. The van der Waals surface area contributed by atoms with Gasteiger partial charge in [0.15, 0.2) is 0 Å². The zero-order valence-corrected chi connectivity index (χ0v) is 18.6. The molecule has 0 atom stereocenters. The first-order valence-corrected chi connectivity index (χ1v) is 11.2. The fraction of sp³-hybridized carbons (Fsp3) is 0.250. The van der Waals surface area contributed by atoms with Gasteiger partial charge in [0, 0.05) is 28.1 Å². The molecule has 7 nitrogen and oxygen atoms in total. The average Bonchev–Trinajstić information content (AvgIpc) is 3.21. The Bertz CT molecular complexity index is 1230. The van der Waals surface area contributed by atoms with Crippen LogP contribution in [0, 0.1) is 17.0 Å². The van der Waals surface area contributed by atoms with Crippen molar-refractivity contribution in [3.63, 3.8) is 0 Å². The van der Waals surface area contributed by atoms with E-state index in [2.05, 4.69) is 17.4 Å². The van der Waals surface area contributed by atoms with Crippen LogP contribution < -0.4 is 5.32 Å². The summed E-state index contributed by atoms with van der Waals surface area (Å²) in [6.07, 6.45) is 4.41. The molecule has 1 amide bonds. The van der Waals surface area contributed by atoms with E-state index in [4.69, 9.17) is 4.74 Å². The number of aryl methyl sites for hydroxylation is 3. The first-order chi connectivity index (χ1) is 15.4. The van der Waals surface area contributed by atoms with Gasteiger partial charge in [0.05, 0.1) is 12.0 Å². The summed E-state index contributed by atoms with van der Waals surface area (Å²) in [6.45, 7) is 1.61. The summed E-state index contributed by atoms with van der Waals surface area (Å²) >= 11 is 1.22. The molecular weight excluding hydrogens is 428 g/mol. The van der Waals surface area contributed by atoms with Crippen LogP contribution in [-0.2, 0) is 17.6 Å². The van der Waals surface area contributed by atoms with Crippen LogP contribution >= 0.6 is 11.3 Å². The number of amides is 1. The first kappa shape index (κ1) is 21.7. The van der Waals surface area contributed by atoms with E-state index in [1.807, 2.05) is 11.4 Å². The van der Waals surface area contributed by atoms with Crippen molar-refractivity contribution in [2.75, 3.05) is 12.4 Å². The molecule has 3 aromatic rings. The van der Waals surface area contributed by atoms with E-state index in [0.29, 0.717) is 16.1 Å². The molecule has 164 valence electrons. The van der Waals surface area contributed by atoms with E-state index in [1.165, 1.54) is 54.2 Å². The van der Waals surface area contributed by atoms with Crippen LogP contribution in [0.5, 0.6) is 0 Å². The van der Waals surface area contributed by atoms with Gasteiger partial charge in [-0.1, -0.05) is 24.3 Å². The maximum Gasteiger partial charge on any atom is 0.341 e. The number of carbonyl (C=O) groups is 2. The number of methoxy groups -OCH3 is 1. The number of thiophene rings is 1. The molecule has 1 N–H and O–H groups in total. The molecule has 1 aromatic heterocycles. The lowest BCUT2D eigenvalue weighted by Crippen LogP contribution is -2.14. The second-order valence-corrected chi connectivity index (χ2v) is 8.63. The first-order valence-electron chi connectivity index (χ1n) is 10.3. The predicted octanol–water partition coefficient (Wildman–Crippen LogP) is 5.55. The molecule has 2 aromatic carbocycles. The van der Waals surface area contributed by atoms with Gasteiger partial charge in [-0.15, -0.1) is 11.3 Å². The number of nitrogens with zero attached hydrogens (tertiary/aromatic N) is 1. The Kier molecular flexibility index (Phi) is 6.05. The largest absolute Gasteiger partial charge is 0.465 e. The van der Waals surface area contributed by atoms with Crippen LogP contribution in [0.4, 0.5) is 10.7 Å². The van der Waals surface area contributed by atoms with Gasteiger partial charge in [-0.2, -0.15) is 0 Å². The second-order valence-electron chi connectivity index (χ2n) is 7.75. The number of carbonyl (C=O) groups excluding carboxylic acids is 2. The lowest BCUT2D eigenvalue weighted by atomic mass is 9.89. The van der Waals surface area contributed by atoms with Crippen LogP contribution in [0.2, 0.25) is 0 Å². The van der Waals surface area contributed by atoms with Gasteiger partial charge in [0.25, 0.3) is 11.6 Å². The number of benzene rings is 2. The minimum absolute atomic E-state index is 0.133. The van der Waals surface area contributed by atoms with Gasteiger partial charge in [0.2, 0.25) is 0 Å². The molecule has 0 radical (unpaired) electrons. The smallest absolute Gasteiger partial charge is 0.341 e. The van der Waals surface area contributed by atoms with E-state index in [1.54, 1.807) is 6.92 Å². The quantitative estimate of drug-likeness (QED) is 0.312. The molecule has 0 aliphatic heterocycles. The van der Waals surface area contributed by atoms with Crippen molar-refractivity contribution in [2.45, 2.75) is 32.6 Å². The molecule has 8 heteroatoms. The summed E-state index contributed by atoms with van der Waals surface area (Å²) in [6, 6.07) is 10.5. The predicted molar refractivity (Wildman–Crippen MR) is 124 cm³/mol. The number of ether oxygens (including phenoxy) is 1. The molecule has 0 bridgehead atoms. The standard InChI is InChI=1S/C24H22N2O5S/c1-14-7-8-18(12-20(14)26(29)30)22(27)25-23-21(24(28)31-2)19(13-32-23)17-10-9-15-5-3-4-6-16(15)11-17/h7-13H,3-6H2,1-2H3,(H,25,27). The van der Waals surface area contributed by atoms with Gasteiger partial charge in [0.1, 0.15) is 10.6 Å². The highest BCUT2D eigenvalue weighted by Crippen LogP contribution is 2.38. The fourth-order valence-electron chi connectivity index (χ4n) is 3.99. The third-order valence-electron chi connectivity index (χ3n) is 5.74. The number of anilines is 1. The van der Waals surface area contributed by atoms with Gasteiger partial charge in [-0.25, -0.2) is 4.79 Å². The third-order valence-corrected chi connectivity index (χ3v) is 6.63.